The number of aryl methyl sites for hydroxylation is 1. The van der Waals surface area contributed by atoms with E-state index in [4.69, 9.17) is 5.73 Å². The van der Waals surface area contributed by atoms with E-state index in [9.17, 15) is 0 Å². The van der Waals surface area contributed by atoms with E-state index in [2.05, 4.69) is 4.98 Å². The number of thioether (sulfide) groups is 1. The van der Waals surface area contributed by atoms with Crippen molar-refractivity contribution in [3.8, 4) is 0 Å². The quantitative estimate of drug-likeness (QED) is 0.753. The van der Waals surface area contributed by atoms with Crippen LogP contribution in [0, 0.1) is 0 Å². The standard InChI is InChI=1S/C8H12N2S2/c1-5(9)8-10-6-2-3-11-4-7(6)12-8/h5H,2-4,9H2,1H3. The fraction of sp³-hybridized carbons (Fsp3) is 0.625. The van der Waals surface area contributed by atoms with Crippen LogP contribution in [0.1, 0.15) is 28.5 Å². The van der Waals surface area contributed by atoms with Crippen LogP contribution in [0.2, 0.25) is 0 Å². The average molecular weight is 200 g/mol. The van der Waals surface area contributed by atoms with Gasteiger partial charge in [-0.2, -0.15) is 11.8 Å². The number of hydrogen-bond acceptors (Lipinski definition) is 4. The van der Waals surface area contributed by atoms with Gasteiger partial charge in [0, 0.05) is 10.6 Å². The molecule has 12 heavy (non-hydrogen) atoms. The maximum atomic E-state index is 5.77. The van der Waals surface area contributed by atoms with Crippen molar-refractivity contribution in [1.82, 2.24) is 4.98 Å². The summed E-state index contributed by atoms with van der Waals surface area (Å²) in [5.41, 5.74) is 7.06. The fourth-order valence-electron chi connectivity index (χ4n) is 1.24. The van der Waals surface area contributed by atoms with Crippen molar-refractivity contribution in [2.75, 3.05) is 5.75 Å². The predicted molar refractivity (Wildman–Crippen MR) is 54.6 cm³/mol. The van der Waals surface area contributed by atoms with Crippen LogP contribution >= 0.6 is 23.1 Å². The first-order valence-corrected chi connectivity index (χ1v) is 6.06. The van der Waals surface area contributed by atoms with Gasteiger partial charge in [0.05, 0.1) is 11.7 Å². The van der Waals surface area contributed by atoms with E-state index < -0.39 is 0 Å². The van der Waals surface area contributed by atoms with Gasteiger partial charge in [0.2, 0.25) is 0 Å². The molecular formula is C8H12N2S2. The summed E-state index contributed by atoms with van der Waals surface area (Å²) in [5, 5.41) is 1.10. The molecule has 0 aromatic carbocycles. The zero-order chi connectivity index (χ0) is 8.55. The molecule has 2 nitrogen and oxygen atoms in total. The Hall–Kier alpha value is -0.0600. The summed E-state index contributed by atoms with van der Waals surface area (Å²) >= 11 is 3.78. The molecule has 1 aromatic heterocycles. The van der Waals surface area contributed by atoms with Crippen molar-refractivity contribution in [3.63, 3.8) is 0 Å². The zero-order valence-electron chi connectivity index (χ0n) is 7.04. The van der Waals surface area contributed by atoms with Crippen molar-refractivity contribution in [2.45, 2.75) is 25.1 Å². The van der Waals surface area contributed by atoms with Crippen LogP contribution in [0.5, 0.6) is 0 Å². The smallest absolute Gasteiger partial charge is 0.110 e. The Kier molecular flexibility index (Phi) is 2.39. The van der Waals surface area contributed by atoms with Crippen molar-refractivity contribution < 1.29 is 0 Å². The van der Waals surface area contributed by atoms with Gasteiger partial charge in [-0.1, -0.05) is 0 Å². The Balaban J connectivity index is 2.32. The van der Waals surface area contributed by atoms with Crippen LogP contribution in [0.3, 0.4) is 0 Å². The predicted octanol–water partition coefficient (Wildman–Crippen LogP) is 1.95. The lowest BCUT2D eigenvalue weighted by Crippen LogP contribution is -2.04. The van der Waals surface area contributed by atoms with Gasteiger partial charge in [-0.05, 0) is 19.1 Å². The van der Waals surface area contributed by atoms with Crippen molar-refractivity contribution in [1.29, 1.82) is 0 Å². The Bertz CT molecular complexity index is 257. The molecule has 1 aliphatic heterocycles. The summed E-state index contributed by atoms with van der Waals surface area (Å²) in [6.07, 6.45) is 1.13. The molecule has 2 heterocycles. The summed E-state index contributed by atoms with van der Waals surface area (Å²) in [5.74, 6) is 2.36. The maximum absolute atomic E-state index is 5.77. The molecule has 0 aliphatic carbocycles. The highest BCUT2D eigenvalue weighted by Gasteiger charge is 2.16. The van der Waals surface area contributed by atoms with Crippen LogP contribution in [0.15, 0.2) is 0 Å². The second kappa shape index (κ2) is 3.36. The fourth-order valence-corrected chi connectivity index (χ4v) is 3.42. The van der Waals surface area contributed by atoms with Crippen LogP contribution in [0.25, 0.3) is 0 Å². The molecule has 0 amide bonds. The maximum Gasteiger partial charge on any atom is 0.110 e. The molecule has 0 bridgehead atoms. The summed E-state index contributed by atoms with van der Waals surface area (Å²) in [4.78, 5) is 5.97. The molecule has 0 spiro atoms. The van der Waals surface area contributed by atoms with Crippen molar-refractivity contribution in [2.24, 2.45) is 5.73 Å². The van der Waals surface area contributed by atoms with Crippen molar-refractivity contribution >= 4 is 23.1 Å². The number of fused-ring (bicyclic) bond motifs is 1. The number of thiazole rings is 1. The third-order valence-electron chi connectivity index (χ3n) is 1.90. The Labute approximate surface area is 80.6 Å². The van der Waals surface area contributed by atoms with Gasteiger partial charge in [0.15, 0.2) is 0 Å². The SMILES string of the molecule is CC(N)c1nc2c(s1)CSCC2. The Morgan fingerprint density at radius 2 is 2.42 bits per heavy atom. The summed E-state index contributed by atoms with van der Waals surface area (Å²) < 4.78 is 0. The van der Waals surface area contributed by atoms with Crippen LogP contribution < -0.4 is 5.73 Å². The Morgan fingerprint density at radius 1 is 1.58 bits per heavy atom. The molecule has 66 valence electrons. The first kappa shape index (κ1) is 8.53. The Morgan fingerprint density at radius 3 is 3.08 bits per heavy atom. The minimum atomic E-state index is 0.102. The lowest BCUT2D eigenvalue weighted by molar-refractivity contribution is 0.797. The van der Waals surface area contributed by atoms with Gasteiger partial charge < -0.3 is 5.73 Å². The van der Waals surface area contributed by atoms with Crippen molar-refractivity contribution in [3.05, 3.63) is 15.6 Å². The summed E-state index contributed by atoms with van der Waals surface area (Å²) in [6, 6.07) is 0.102. The number of nitrogens with two attached hydrogens (primary N) is 1. The molecular weight excluding hydrogens is 188 g/mol. The lowest BCUT2D eigenvalue weighted by atomic mass is 10.3. The van der Waals surface area contributed by atoms with Gasteiger partial charge in [0.1, 0.15) is 5.01 Å². The molecule has 1 unspecified atom stereocenters. The van der Waals surface area contributed by atoms with E-state index in [1.165, 1.54) is 16.3 Å². The molecule has 0 saturated heterocycles. The third-order valence-corrected chi connectivity index (χ3v) is 4.37. The lowest BCUT2D eigenvalue weighted by Gasteiger charge is -2.06. The highest BCUT2D eigenvalue weighted by molar-refractivity contribution is 7.98. The third kappa shape index (κ3) is 1.51. The highest BCUT2D eigenvalue weighted by atomic mass is 32.2. The van der Waals surface area contributed by atoms with E-state index in [1.807, 2.05) is 18.7 Å². The number of rotatable bonds is 1. The second-order valence-electron chi connectivity index (χ2n) is 3.01. The van der Waals surface area contributed by atoms with Gasteiger partial charge in [0.25, 0.3) is 0 Å². The first-order chi connectivity index (χ1) is 5.77. The van der Waals surface area contributed by atoms with E-state index in [1.54, 1.807) is 11.3 Å². The van der Waals surface area contributed by atoms with Gasteiger partial charge in [-0.25, -0.2) is 4.98 Å². The number of nitrogens with zero attached hydrogens (tertiary/aromatic N) is 1. The molecule has 0 saturated carbocycles. The largest absolute Gasteiger partial charge is 0.322 e. The number of hydrogen-bond donors (Lipinski definition) is 1. The second-order valence-corrected chi connectivity index (χ2v) is 5.23. The topological polar surface area (TPSA) is 38.9 Å². The molecule has 1 aliphatic rings. The monoisotopic (exact) mass is 200 g/mol. The summed E-state index contributed by atoms with van der Waals surface area (Å²) in [6.45, 7) is 2.00. The van der Waals surface area contributed by atoms with Gasteiger partial charge in [-0.3, -0.25) is 0 Å². The molecule has 0 radical (unpaired) electrons. The van der Waals surface area contributed by atoms with E-state index in [0.29, 0.717) is 0 Å². The molecule has 4 heteroatoms. The summed E-state index contributed by atoms with van der Waals surface area (Å²) in [7, 11) is 0. The number of aromatic nitrogens is 1. The van der Waals surface area contributed by atoms with E-state index in [-0.39, 0.29) is 6.04 Å². The minimum Gasteiger partial charge on any atom is -0.322 e. The molecule has 2 N–H and O–H groups in total. The van der Waals surface area contributed by atoms with E-state index in [0.717, 1.165) is 17.2 Å². The molecule has 1 aromatic rings. The first-order valence-electron chi connectivity index (χ1n) is 4.09. The zero-order valence-corrected chi connectivity index (χ0v) is 8.67. The van der Waals surface area contributed by atoms with Crippen LogP contribution in [0.4, 0.5) is 0 Å². The molecule has 0 fully saturated rings. The van der Waals surface area contributed by atoms with Crippen LogP contribution in [-0.2, 0) is 12.2 Å². The normalized spacial score (nSPS) is 18.8. The average Bonchev–Trinajstić information content (AvgIpc) is 2.46. The molecule has 2 rings (SSSR count). The van der Waals surface area contributed by atoms with E-state index >= 15 is 0 Å². The van der Waals surface area contributed by atoms with Gasteiger partial charge >= 0.3 is 0 Å². The van der Waals surface area contributed by atoms with Gasteiger partial charge in [-0.15, -0.1) is 11.3 Å². The van der Waals surface area contributed by atoms with Crippen LogP contribution in [-0.4, -0.2) is 10.7 Å². The molecule has 1 atom stereocenters. The minimum absolute atomic E-state index is 0.102. The highest BCUT2D eigenvalue weighted by Crippen LogP contribution is 2.30.